The fourth-order valence-corrected chi connectivity index (χ4v) is 4.21. The number of nitrogens with one attached hydrogen (secondary N) is 1. The molecule has 1 aliphatic heterocycles. The van der Waals surface area contributed by atoms with E-state index in [1.165, 1.54) is 24.0 Å². The fourth-order valence-electron chi connectivity index (χ4n) is 4.21. The van der Waals surface area contributed by atoms with E-state index in [0.717, 1.165) is 41.3 Å². The van der Waals surface area contributed by atoms with E-state index in [4.69, 9.17) is 0 Å². The Hall–Kier alpha value is -2.75. The molecule has 0 bridgehead atoms. The van der Waals surface area contributed by atoms with Crippen molar-refractivity contribution in [3.63, 3.8) is 0 Å². The summed E-state index contributed by atoms with van der Waals surface area (Å²) in [6.45, 7) is 6.64. The van der Waals surface area contributed by atoms with Crippen molar-refractivity contribution in [2.75, 3.05) is 23.3 Å². The third-order valence-electron chi connectivity index (χ3n) is 6.17. The van der Waals surface area contributed by atoms with Crippen molar-refractivity contribution in [3.8, 4) is 0 Å². The van der Waals surface area contributed by atoms with Crippen molar-refractivity contribution in [1.29, 1.82) is 0 Å². The number of nitrogens with zero attached hydrogens (tertiary/aromatic N) is 2. The first-order valence-electron chi connectivity index (χ1n) is 10.2. The summed E-state index contributed by atoms with van der Waals surface area (Å²) in [5.41, 5.74) is 5.52. The molecule has 146 valence electrons. The number of carbonyl (C=O) groups excluding carboxylic acids is 1. The zero-order valence-electron chi connectivity index (χ0n) is 17.0. The molecule has 2 aromatic carbocycles. The summed E-state index contributed by atoms with van der Waals surface area (Å²) in [6, 6.07) is 16.5. The summed E-state index contributed by atoms with van der Waals surface area (Å²) in [5.74, 6) is 0.853. The van der Waals surface area contributed by atoms with Crippen LogP contribution in [0.3, 0.4) is 0 Å². The molecule has 1 saturated heterocycles. The van der Waals surface area contributed by atoms with Gasteiger partial charge in [-0.15, -0.1) is 0 Å². The van der Waals surface area contributed by atoms with E-state index in [2.05, 4.69) is 59.9 Å². The van der Waals surface area contributed by atoms with Crippen LogP contribution >= 0.6 is 0 Å². The maximum Gasteiger partial charge on any atom is 0.228 e. The number of amides is 1. The summed E-state index contributed by atoms with van der Waals surface area (Å²) in [4.78, 5) is 15.1. The Labute approximate surface area is 167 Å². The number of anilines is 2. The lowest BCUT2D eigenvalue weighted by Crippen LogP contribution is -2.32. The molecule has 1 aliphatic rings. The van der Waals surface area contributed by atoms with Crippen LogP contribution in [0.2, 0.25) is 0 Å². The number of benzene rings is 2. The van der Waals surface area contributed by atoms with E-state index in [-0.39, 0.29) is 5.91 Å². The Bertz CT molecular complexity index is 979. The van der Waals surface area contributed by atoms with Gasteiger partial charge >= 0.3 is 0 Å². The van der Waals surface area contributed by atoms with Crippen molar-refractivity contribution >= 4 is 28.2 Å². The average Bonchev–Trinajstić information content (AvgIpc) is 2.94. The smallest absolute Gasteiger partial charge is 0.228 e. The van der Waals surface area contributed by atoms with Crippen molar-refractivity contribution in [3.05, 3.63) is 59.8 Å². The van der Waals surface area contributed by atoms with Crippen molar-refractivity contribution in [2.45, 2.75) is 33.1 Å². The minimum absolute atomic E-state index is 0.0269. The monoisotopic (exact) mass is 375 g/mol. The summed E-state index contributed by atoms with van der Waals surface area (Å²) in [7, 11) is 2.05. The standard InChI is InChI=1S/C24H29N3O/c1-17-12-14-27(15-13-17)20-10-8-19(9-11-20)25-24(28)16-22-18(2)26(3)23-7-5-4-6-21(22)23/h4-11,17H,12-16H2,1-3H3,(H,25,28). The molecule has 4 rings (SSSR count). The second-order valence-electron chi connectivity index (χ2n) is 8.08. The van der Waals surface area contributed by atoms with Gasteiger partial charge in [-0.1, -0.05) is 25.1 Å². The van der Waals surface area contributed by atoms with E-state index in [1.54, 1.807) is 0 Å². The van der Waals surface area contributed by atoms with Crippen molar-refractivity contribution < 1.29 is 4.79 Å². The van der Waals surface area contributed by atoms with Gasteiger partial charge in [-0.2, -0.15) is 0 Å². The van der Waals surface area contributed by atoms with Gasteiger partial charge in [-0.3, -0.25) is 4.79 Å². The van der Waals surface area contributed by atoms with E-state index in [9.17, 15) is 4.79 Å². The van der Waals surface area contributed by atoms with Crippen LogP contribution in [0.1, 0.15) is 31.0 Å². The van der Waals surface area contributed by atoms with E-state index < -0.39 is 0 Å². The molecule has 1 aromatic heterocycles. The van der Waals surface area contributed by atoms with Crippen LogP contribution in [0.4, 0.5) is 11.4 Å². The van der Waals surface area contributed by atoms with Crippen molar-refractivity contribution in [2.24, 2.45) is 13.0 Å². The highest BCUT2D eigenvalue weighted by Gasteiger charge is 2.17. The molecule has 0 radical (unpaired) electrons. The Balaban J connectivity index is 1.44. The number of aromatic nitrogens is 1. The predicted molar refractivity (Wildman–Crippen MR) is 117 cm³/mol. The lowest BCUT2D eigenvalue weighted by molar-refractivity contribution is -0.115. The lowest BCUT2D eigenvalue weighted by atomic mass is 9.99. The first-order valence-corrected chi connectivity index (χ1v) is 10.2. The Morgan fingerprint density at radius 3 is 2.46 bits per heavy atom. The molecule has 0 aliphatic carbocycles. The number of hydrogen-bond acceptors (Lipinski definition) is 2. The molecule has 28 heavy (non-hydrogen) atoms. The zero-order chi connectivity index (χ0) is 19.7. The van der Waals surface area contributed by atoms with E-state index >= 15 is 0 Å². The number of carbonyl (C=O) groups is 1. The molecule has 4 nitrogen and oxygen atoms in total. The molecule has 0 atom stereocenters. The molecule has 1 amide bonds. The van der Waals surface area contributed by atoms with E-state index in [1.807, 2.05) is 24.3 Å². The van der Waals surface area contributed by atoms with Crippen LogP contribution in [0.5, 0.6) is 0 Å². The van der Waals surface area contributed by atoms with Gasteiger partial charge in [0.1, 0.15) is 0 Å². The molecular weight excluding hydrogens is 346 g/mol. The average molecular weight is 376 g/mol. The highest BCUT2D eigenvalue weighted by molar-refractivity contribution is 5.96. The molecule has 3 aromatic rings. The minimum atomic E-state index is 0.0269. The molecular formula is C24H29N3O. The molecule has 0 spiro atoms. The highest BCUT2D eigenvalue weighted by atomic mass is 16.1. The zero-order valence-corrected chi connectivity index (χ0v) is 17.0. The largest absolute Gasteiger partial charge is 0.372 e. The van der Waals surface area contributed by atoms with Gasteiger partial charge in [-0.05, 0) is 61.6 Å². The molecule has 0 unspecified atom stereocenters. The number of para-hydroxylation sites is 1. The SMILES string of the molecule is Cc1c(CC(=O)Nc2ccc(N3CCC(C)CC3)cc2)c2ccccc2n1C. The second-order valence-corrected chi connectivity index (χ2v) is 8.08. The number of fused-ring (bicyclic) bond motifs is 1. The van der Waals surface area contributed by atoms with Crippen LogP contribution < -0.4 is 10.2 Å². The summed E-state index contributed by atoms with van der Waals surface area (Å²) >= 11 is 0. The fraction of sp³-hybridized carbons (Fsp3) is 0.375. The van der Waals surface area contributed by atoms with E-state index in [0.29, 0.717) is 6.42 Å². The van der Waals surface area contributed by atoms with Gasteiger partial charge in [0.15, 0.2) is 0 Å². The number of aryl methyl sites for hydroxylation is 1. The van der Waals surface area contributed by atoms with Crippen LogP contribution in [0.15, 0.2) is 48.5 Å². The molecule has 1 N–H and O–H groups in total. The minimum Gasteiger partial charge on any atom is -0.372 e. The molecule has 2 heterocycles. The second kappa shape index (κ2) is 7.70. The van der Waals surface area contributed by atoms with Crippen molar-refractivity contribution in [1.82, 2.24) is 4.57 Å². The van der Waals surface area contributed by atoms with Gasteiger partial charge in [-0.25, -0.2) is 0 Å². The van der Waals surface area contributed by atoms with Crippen LogP contribution in [-0.2, 0) is 18.3 Å². The van der Waals surface area contributed by atoms with Crippen LogP contribution in [0, 0.1) is 12.8 Å². The predicted octanol–water partition coefficient (Wildman–Crippen LogP) is 4.90. The summed E-state index contributed by atoms with van der Waals surface area (Å²) in [5, 5.41) is 4.22. The molecule has 4 heteroatoms. The van der Waals surface area contributed by atoms with Crippen LogP contribution in [0.25, 0.3) is 10.9 Å². The van der Waals surface area contributed by atoms with Gasteiger partial charge < -0.3 is 14.8 Å². The topological polar surface area (TPSA) is 37.3 Å². The maximum atomic E-state index is 12.7. The Morgan fingerprint density at radius 1 is 1.07 bits per heavy atom. The molecule has 1 fully saturated rings. The summed E-state index contributed by atoms with van der Waals surface area (Å²) in [6.07, 6.45) is 2.89. The third kappa shape index (κ3) is 3.64. The van der Waals surface area contributed by atoms with Crippen LogP contribution in [-0.4, -0.2) is 23.6 Å². The normalized spacial score (nSPS) is 15.2. The maximum absolute atomic E-state index is 12.7. The van der Waals surface area contributed by atoms with Gasteiger partial charge in [0.2, 0.25) is 5.91 Å². The molecule has 0 saturated carbocycles. The quantitative estimate of drug-likeness (QED) is 0.704. The van der Waals surface area contributed by atoms with Gasteiger partial charge in [0.25, 0.3) is 0 Å². The number of rotatable bonds is 4. The lowest BCUT2D eigenvalue weighted by Gasteiger charge is -2.32. The Kier molecular flexibility index (Phi) is 5.12. The number of piperidine rings is 1. The summed E-state index contributed by atoms with van der Waals surface area (Å²) < 4.78 is 2.16. The highest BCUT2D eigenvalue weighted by Crippen LogP contribution is 2.26. The first kappa shape index (κ1) is 18.6. The number of hydrogen-bond donors (Lipinski definition) is 1. The van der Waals surface area contributed by atoms with Gasteiger partial charge in [0, 0.05) is 48.1 Å². The Morgan fingerprint density at radius 2 is 1.75 bits per heavy atom. The van der Waals surface area contributed by atoms with Gasteiger partial charge in [0.05, 0.1) is 6.42 Å². The third-order valence-corrected chi connectivity index (χ3v) is 6.17. The first-order chi connectivity index (χ1) is 13.5.